The van der Waals surface area contributed by atoms with Gasteiger partial charge in [0.1, 0.15) is 5.54 Å². The predicted molar refractivity (Wildman–Crippen MR) is 117 cm³/mol. The lowest BCUT2D eigenvalue weighted by Crippen LogP contribution is -2.57. The maximum atomic E-state index is 13.1. The second-order valence-electron chi connectivity index (χ2n) is 8.52. The third-order valence-electron chi connectivity index (χ3n) is 6.38. The van der Waals surface area contributed by atoms with Crippen molar-refractivity contribution in [1.82, 2.24) is 10.2 Å². The van der Waals surface area contributed by atoms with Gasteiger partial charge in [-0.15, -0.1) is 0 Å². The van der Waals surface area contributed by atoms with E-state index in [2.05, 4.69) is 5.32 Å². The summed E-state index contributed by atoms with van der Waals surface area (Å²) in [6, 6.07) is 6.16. The van der Waals surface area contributed by atoms with Crippen molar-refractivity contribution in [3.8, 4) is 11.5 Å². The van der Waals surface area contributed by atoms with Gasteiger partial charge in [-0.25, -0.2) is 0 Å². The van der Waals surface area contributed by atoms with Crippen LogP contribution in [0, 0.1) is 0 Å². The summed E-state index contributed by atoms with van der Waals surface area (Å²) < 4.78 is 11.4. The van der Waals surface area contributed by atoms with Crippen molar-refractivity contribution < 1.29 is 19.1 Å². The molecule has 1 saturated carbocycles. The molecule has 6 nitrogen and oxygen atoms in total. The Morgan fingerprint density at radius 2 is 1.83 bits per heavy atom. The molecule has 1 heterocycles. The van der Waals surface area contributed by atoms with Gasteiger partial charge in [0.2, 0.25) is 11.8 Å². The van der Waals surface area contributed by atoms with E-state index in [0.29, 0.717) is 39.0 Å². The van der Waals surface area contributed by atoms with Gasteiger partial charge in [0, 0.05) is 19.0 Å². The zero-order valence-electron chi connectivity index (χ0n) is 18.7. The molecule has 0 radical (unpaired) electrons. The Labute approximate surface area is 180 Å². The van der Waals surface area contributed by atoms with Gasteiger partial charge < -0.3 is 19.7 Å². The largest absolute Gasteiger partial charge is 0.490 e. The molecule has 1 aliphatic carbocycles. The fraction of sp³-hybridized carbons (Fsp3) is 0.667. The van der Waals surface area contributed by atoms with E-state index in [4.69, 9.17) is 9.47 Å². The summed E-state index contributed by atoms with van der Waals surface area (Å²) in [5.74, 6) is 1.52. The first-order chi connectivity index (χ1) is 14.5. The van der Waals surface area contributed by atoms with E-state index in [1.54, 1.807) is 4.90 Å². The number of nitrogens with one attached hydrogen (secondary N) is 1. The van der Waals surface area contributed by atoms with Crippen LogP contribution in [0.4, 0.5) is 0 Å². The highest BCUT2D eigenvalue weighted by Gasteiger charge is 2.47. The van der Waals surface area contributed by atoms with Gasteiger partial charge in [-0.3, -0.25) is 9.59 Å². The minimum Gasteiger partial charge on any atom is -0.490 e. The number of rotatable bonds is 9. The topological polar surface area (TPSA) is 67.9 Å². The highest BCUT2D eigenvalue weighted by molar-refractivity contribution is 5.94. The quantitative estimate of drug-likeness (QED) is 0.664. The summed E-state index contributed by atoms with van der Waals surface area (Å²) in [5.41, 5.74) is 0.305. The standard InChI is InChI=1S/C24H36N2O4/c1-4-29-20-12-11-18(17-21(20)30-5-2)14-16-26-22(27)13-15-24(26,3)23(28)25-19-9-7-6-8-10-19/h11-12,17,19H,4-10,13-16H2,1-3H3,(H,25,28)/t24-/m0/s1. The van der Waals surface area contributed by atoms with Crippen LogP contribution in [0.2, 0.25) is 0 Å². The molecule has 0 unspecified atom stereocenters. The summed E-state index contributed by atoms with van der Waals surface area (Å²) in [4.78, 5) is 27.5. The van der Waals surface area contributed by atoms with Crippen LogP contribution < -0.4 is 14.8 Å². The highest BCUT2D eigenvalue weighted by Crippen LogP contribution is 2.33. The number of benzene rings is 1. The molecule has 1 aromatic rings. The summed E-state index contributed by atoms with van der Waals surface area (Å²) in [6.45, 7) is 7.47. The molecule has 2 fully saturated rings. The molecular formula is C24H36N2O4. The van der Waals surface area contributed by atoms with Gasteiger partial charge in [0.15, 0.2) is 11.5 Å². The lowest BCUT2D eigenvalue weighted by Gasteiger charge is -2.36. The molecule has 2 amide bonds. The van der Waals surface area contributed by atoms with E-state index in [0.717, 1.165) is 29.9 Å². The first-order valence-electron chi connectivity index (χ1n) is 11.5. The number of amides is 2. The number of ether oxygens (including phenoxy) is 2. The summed E-state index contributed by atoms with van der Waals surface area (Å²) in [7, 11) is 0. The van der Waals surface area contributed by atoms with E-state index in [9.17, 15) is 9.59 Å². The Kier molecular flexibility index (Phi) is 7.62. The molecule has 166 valence electrons. The molecular weight excluding hydrogens is 380 g/mol. The molecule has 1 atom stereocenters. The van der Waals surface area contributed by atoms with Crippen LogP contribution in [-0.4, -0.2) is 48.1 Å². The normalized spacial score (nSPS) is 22.2. The van der Waals surface area contributed by atoms with E-state index in [1.165, 1.54) is 19.3 Å². The SMILES string of the molecule is CCOc1ccc(CCN2C(=O)CC[C@@]2(C)C(=O)NC2CCCCC2)cc1OCC. The van der Waals surface area contributed by atoms with Crippen molar-refractivity contribution in [2.24, 2.45) is 0 Å². The number of hydrogen-bond acceptors (Lipinski definition) is 4. The van der Waals surface area contributed by atoms with Crippen molar-refractivity contribution in [3.05, 3.63) is 23.8 Å². The summed E-state index contributed by atoms with van der Waals surface area (Å²) in [5, 5.41) is 3.23. The van der Waals surface area contributed by atoms with Gasteiger partial charge >= 0.3 is 0 Å². The minimum absolute atomic E-state index is 0.00180. The van der Waals surface area contributed by atoms with Gasteiger partial charge in [-0.2, -0.15) is 0 Å². The number of carbonyl (C=O) groups excluding carboxylic acids is 2. The fourth-order valence-corrected chi connectivity index (χ4v) is 4.58. The van der Waals surface area contributed by atoms with Crippen LogP contribution in [0.15, 0.2) is 18.2 Å². The third-order valence-corrected chi connectivity index (χ3v) is 6.38. The van der Waals surface area contributed by atoms with E-state index < -0.39 is 5.54 Å². The van der Waals surface area contributed by atoms with Crippen molar-refractivity contribution >= 4 is 11.8 Å². The first-order valence-corrected chi connectivity index (χ1v) is 11.5. The lowest BCUT2D eigenvalue weighted by atomic mass is 9.92. The lowest BCUT2D eigenvalue weighted by molar-refractivity contribution is -0.141. The Morgan fingerprint density at radius 3 is 2.53 bits per heavy atom. The maximum Gasteiger partial charge on any atom is 0.245 e. The van der Waals surface area contributed by atoms with Gasteiger partial charge in [0.25, 0.3) is 0 Å². The van der Waals surface area contributed by atoms with Crippen LogP contribution >= 0.6 is 0 Å². The Bertz CT molecular complexity index is 745. The zero-order valence-corrected chi connectivity index (χ0v) is 18.7. The van der Waals surface area contributed by atoms with E-state index >= 15 is 0 Å². The van der Waals surface area contributed by atoms with Gasteiger partial charge in [-0.05, 0) is 64.2 Å². The number of nitrogens with zero attached hydrogens (tertiary/aromatic N) is 1. The predicted octanol–water partition coefficient (Wildman–Crippen LogP) is 3.86. The van der Waals surface area contributed by atoms with E-state index in [-0.39, 0.29) is 17.9 Å². The number of likely N-dealkylation sites (tertiary alicyclic amines) is 1. The van der Waals surface area contributed by atoms with Crippen molar-refractivity contribution in [2.45, 2.75) is 83.7 Å². The number of hydrogen-bond donors (Lipinski definition) is 1. The second kappa shape index (κ2) is 10.2. The van der Waals surface area contributed by atoms with Crippen molar-refractivity contribution in [1.29, 1.82) is 0 Å². The Hall–Kier alpha value is -2.24. The van der Waals surface area contributed by atoms with Gasteiger partial charge in [-0.1, -0.05) is 25.3 Å². The second-order valence-corrected chi connectivity index (χ2v) is 8.52. The van der Waals surface area contributed by atoms with Crippen LogP contribution in [0.1, 0.15) is 71.3 Å². The van der Waals surface area contributed by atoms with Crippen molar-refractivity contribution in [3.63, 3.8) is 0 Å². The minimum atomic E-state index is -0.761. The smallest absolute Gasteiger partial charge is 0.245 e. The molecule has 2 aliphatic rings. The molecule has 1 saturated heterocycles. The Balaban J connectivity index is 1.67. The average molecular weight is 417 g/mol. The monoisotopic (exact) mass is 416 g/mol. The van der Waals surface area contributed by atoms with Crippen LogP contribution in [0.3, 0.4) is 0 Å². The molecule has 0 aromatic heterocycles. The molecule has 1 aliphatic heterocycles. The van der Waals surface area contributed by atoms with Crippen LogP contribution in [0.25, 0.3) is 0 Å². The van der Waals surface area contributed by atoms with Gasteiger partial charge in [0.05, 0.1) is 13.2 Å². The van der Waals surface area contributed by atoms with Crippen molar-refractivity contribution in [2.75, 3.05) is 19.8 Å². The molecule has 1 N–H and O–H groups in total. The first kappa shape index (κ1) is 22.4. The molecule has 1 aromatic carbocycles. The van der Waals surface area contributed by atoms with Crippen LogP contribution in [0.5, 0.6) is 11.5 Å². The summed E-state index contributed by atoms with van der Waals surface area (Å²) >= 11 is 0. The number of carbonyl (C=O) groups is 2. The Morgan fingerprint density at radius 1 is 1.13 bits per heavy atom. The highest BCUT2D eigenvalue weighted by atomic mass is 16.5. The summed E-state index contributed by atoms with van der Waals surface area (Å²) in [6.07, 6.45) is 7.36. The molecule has 30 heavy (non-hydrogen) atoms. The average Bonchev–Trinajstić information content (AvgIpc) is 3.04. The fourth-order valence-electron chi connectivity index (χ4n) is 4.58. The van der Waals surface area contributed by atoms with Crippen LogP contribution in [-0.2, 0) is 16.0 Å². The maximum absolute atomic E-state index is 13.1. The molecule has 6 heteroatoms. The zero-order chi connectivity index (χ0) is 21.6. The third kappa shape index (κ3) is 5.08. The molecule has 3 rings (SSSR count). The van der Waals surface area contributed by atoms with E-state index in [1.807, 2.05) is 39.0 Å². The molecule has 0 spiro atoms. The molecule has 0 bridgehead atoms.